The number of nitro benzene ring substituents is 1. The molecule has 0 heterocycles. The van der Waals surface area contributed by atoms with E-state index in [-0.39, 0.29) is 18.3 Å². The van der Waals surface area contributed by atoms with Gasteiger partial charge in [-0.25, -0.2) is 5.43 Å². The molecule has 0 atom stereocenters. The second-order valence-corrected chi connectivity index (χ2v) is 6.20. The van der Waals surface area contributed by atoms with Gasteiger partial charge in [0.05, 0.1) is 11.1 Å². The lowest BCUT2D eigenvalue weighted by atomic mass is 10.2. The van der Waals surface area contributed by atoms with E-state index in [4.69, 9.17) is 4.74 Å². The molecular weight excluding hydrogens is 364 g/mol. The first-order valence-corrected chi connectivity index (χ1v) is 8.62. The lowest BCUT2D eigenvalue weighted by molar-refractivity contribution is -0.384. The molecule has 2 amide bonds. The molecule has 2 aromatic carbocycles. The Morgan fingerprint density at radius 2 is 1.86 bits per heavy atom. The molecular formula is C19H18N4O5. The summed E-state index contributed by atoms with van der Waals surface area (Å²) in [6.07, 6.45) is 3.16. The van der Waals surface area contributed by atoms with Crippen molar-refractivity contribution in [2.45, 2.75) is 25.5 Å². The van der Waals surface area contributed by atoms with Crippen molar-refractivity contribution in [1.29, 1.82) is 0 Å². The first-order chi connectivity index (χ1) is 13.5. The van der Waals surface area contributed by atoms with E-state index in [0.717, 1.165) is 18.4 Å². The fourth-order valence-corrected chi connectivity index (χ4v) is 2.28. The van der Waals surface area contributed by atoms with Gasteiger partial charge in [0.25, 0.3) is 5.69 Å². The molecule has 9 heteroatoms. The standard InChI is InChI=1S/C19H18N4O5/c24-18(21-15-7-8-15)19(25)22-20-11-14-3-1-2-4-17(14)28-12-13-5-9-16(10-6-13)23(26)27/h1-6,9-11,15H,7-8,12H2,(H,21,24)(H,22,25)/b20-11-. The van der Waals surface area contributed by atoms with E-state index in [0.29, 0.717) is 11.3 Å². The zero-order valence-electron chi connectivity index (χ0n) is 14.8. The van der Waals surface area contributed by atoms with Gasteiger partial charge in [-0.05, 0) is 42.7 Å². The van der Waals surface area contributed by atoms with Crippen LogP contribution in [0.1, 0.15) is 24.0 Å². The zero-order valence-corrected chi connectivity index (χ0v) is 14.8. The van der Waals surface area contributed by atoms with Crippen LogP contribution in [0.5, 0.6) is 5.75 Å². The summed E-state index contributed by atoms with van der Waals surface area (Å²) in [6.45, 7) is 0.207. The fraction of sp³-hybridized carbons (Fsp3) is 0.211. The summed E-state index contributed by atoms with van der Waals surface area (Å²) < 4.78 is 5.74. The van der Waals surface area contributed by atoms with Crippen molar-refractivity contribution in [3.8, 4) is 5.75 Å². The van der Waals surface area contributed by atoms with Gasteiger partial charge in [0.1, 0.15) is 12.4 Å². The number of nitro groups is 1. The SMILES string of the molecule is O=C(N/N=C\c1ccccc1OCc1ccc([N+](=O)[O-])cc1)C(=O)NC1CC1. The van der Waals surface area contributed by atoms with Crippen LogP contribution in [0.2, 0.25) is 0 Å². The highest BCUT2D eigenvalue weighted by atomic mass is 16.6. The molecule has 144 valence electrons. The molecule has 2 aromatic rings. The molecule has 28 heavy (non-hydrogen) atoms. The molecule has 0 aliphatic heterocycles. The molecule has 1 aliphatic rings. The summed E-state index contributed by atoms with van der Waals surface area (Å²) in [4.78, 5) is 33.4. The molecule has 1 aliphatic carbocycles. The number of para-hydroxylation sites is 1. The Labute approximate surface area is 160 Å². The van der Waals surface area contributed by atoms with Gasteiger partial charge in [0, 0.05) is 23.7 Å². The van der Waals surface area contributed by atoms with Crippen molar-refractivity contribution in [3.63, 3.8) is 0 Å². The predicted molar refractivity (Wildman–Crippen MR) is 101 cm³/mol. The van der Waals surface area contributed by atoms with Crippen LogP contribution in [0.4, 0.5) is 5.69 Å². The minimum absolute atomic E-state index is 0.0118. The van der Waals surface area contributed by atoms with Crippen LogP contribution in [0, 0.1) is 10.1 Å². The molecule has 1 fully saturated rings. The summed E-state index contributed by atoms with van der Waals surface area (Å²) in [5, 5.41) is 17.1. The average Bonchev–Trinajstić information content (AvgIpc) is 3.51. The highest BCUT2D eigenvalue weighted by Gasteiger charge is 2.26. The quantitative estimate of drug-likeness (QED) is 0.328. The lowest BCUT2D eigenvalue weighted by Crippen LogP contribution is -2.38. The van der Waals surface area contributed by atoms with E-state index in [2.05, 4.69) is 15.8 Å². The van der Waals surface area contributed by atoms with Crippen LogP contribution < -0.4 is 15.5 Å². The van der Waals surface area contributed by atoms with E-state index in [1.165, 1.54) is 18.3 Å². The molecule has 9 nitrogen and oxygen atoms in total. The van der Waals surface area contributed by atoms with Crippen LogP contribution in [-0.2, 0) is 16.2 Å². The molecule has 1 saturated carbocycles. The Balaban J connectivity index is 1.56. The predicted octanol–water partition coefficient (Wildman–Crippen LogP) is 1.90. The largest absolute Gasteiger partial charge is 0.488 e. The van der Waals surface area contributed by atoms with Crippen molar-refractivity contribution in [1.82, 2.24) is 10.7 Å². The second-order valence-electron chi connectivity index (χ2n) is 6.20. The van der Waals surface area contributed by atoms with Gasteiger partial charge in [0.2, 0.25) is 0 Å². The third-order valence-corrected chi connectivity index (χ3v) is 3.95. The number of carbonyl (C=O) groups is 2. The Kier molecular flexibility index (Phi) is 5.95. The minimum Gasteiger partial charge on any atom is -0.488 e. The number of carbonyl (C=O) groups excluding carboxylic acids is 2. The zero-order chi connectivity index (χ0) is 19.9. The molecule has 0 bridgehead atoms. The van der Waals surface area contributed by atoms with Gasteiger partial charge in [-0.1, -0.05) is 12.1 Å². The maximum absolute atomic E-state index is 11.7. The van der Waals surface area contributed by atoms with Crippen LogP contribution in [0.25, 0.3) is 0 Å². The first-order valence-electron chi connectivity index (χ1n) is 8.62. The molecule has 0 saturated heterocycles. The van der Waals surface area contributed by atoms with Crippen molar-refractivity contribution in [2.24, 2.45) is 5.10 Å². The van der Waals surface area contributed by atoms with Gasteiger partial charge in [-0.3, -0.25) is 19.7 Å². The number of nitrogens with zero attached hydrogens (tertiary/aromatic N) is 2. The van der Waals surface area contributed by atoms with Gasteiger partial charge < -0.3 is 10.1 Å². The highest BCUT2D eigenvalue weighted by Crippen LogP contribution is 2.19. The summed E-state index contributed by atoms with van der Waals surface area (Å²) in [6, 6.07) is 13.2. The monoisotopic (exact) mass is 382 g/mol. The topological polar surface area (TPSA) is 123 Å². The number of hydrogen-bond donors (Lipinski definition) is 2. The van der Waals surface area contributed by atoms with Crippen LogP contribution in [0.15, 0.2) is 53.6 Å². The first kappa shape index (κ1) is 19.0. The second kappa shape index (κ2) is 8.76. The number of ether oxygens (including phenoxy) is 1. The Morgan fingerprint density at radius 3 is 2.54 bits per heavy atom. The molecule has 0 aromatic heterocycles. The molecule has 2 N–H and O–H groups in total. The molecule has 0 radical (unpaired) electrons. The van der Waals surface area contributed by atoms with Crippen molar-refractivity contribution >= 4 is 23.7 Å². The van der Waals surface area contributed by atoms with E-state index >= 15 is 0 Å². The number of non-ortho nitro benzene ring substituents is 1. The van der Waals surface area contributed by atoms with Crippen LogP contribution in [-0.4, -0.2) is 29.0 Å². The number of hydrogen-bond acceptors (Lipinski definition) is 6. The molecule has 0 spiro atoms. The van der Waals surface area contributed by atoms with Gasteiger partial charge in [0.15, 0.2) is 0 Å². The average molecular weight is 382 g/mol. The number of rotatable bonds is 7. The van der Waals surface area contributed by atoms with Gasteiger partial charge in [-0.15, -0.1) is 0 Å². The Hall–Kier alpha value is -3.75. The highest BCUT2D eigenvalue weighted by molar-refractivity contribution is 6.35. The Morgan fingerprint density at radius 1 is 1.14 bits per heavy atom. The smallest absolute Gasteiger partial charge is 0.329 e. The van der Waals surface area contributed by atoms with E-state index in [1.54, 1.807) is 36.4 Å². The van der Waals surface area contributed by atoms with Crippen LogP contribution in [0.3, 0.4) is 0 Å². The van der Waals surface area contributed by atoms with E-state index in [1.807, 2.05) is 0 Å². The van der Waals surface area contributed by atoms with E-state index in [9.17, 15) is 19.7 Å². The maximum Gasteiger partial charge on any atom is 0.329 e. The van der Waals surface area contributed by atoms with Gasteiger partial charge in [-0.2, -0.15) is 5.10 Å². The van der Waals surface area contributed by atoms with E-state index < -0.39 is 16.7 Å². The van der Waals surface area contributed by atoms with Crippen LogP contribution >= 0.6 is 0 Å². The Bertz CT molecular complexity index is 907. The summed E-state index contributed by atoms with van der Waals surface area (Å²) in [7, 11) is 0. The number of benzene rings is 2. The third kappa shape index (κ3) is 5.37. The molecule has 3 rings (SSSR count). The van der Waals surface area contributed by atoms with Crippen molar-refractivity contribution in [3.05, 3.63) is 69.8 Å². The minimum atomic E-state index is -0.826. The summed E-state index contributed by atoms with van der Waals surface area (Å²) >= 11 is 0. The summed E-state index contributed by atoms with van der Waals surface area (Å²) in [5.74, 6) is -1.02. The van der Waals surface area contributed by atoms with Gasteiger partial charge >= 0.3 is 11.8 Å². The number of hydrazone groups is 1. The molecule has 0 unspecified atom stereocenters. The maximum atomic E-state index is 11.7. The third-order valence-electron chi connectivity index (χ3n) is 3.95. The normalized spacial score (nSPS) is 13.1. The number of nitrogens with one attached hydrogen (secondary N) is 2. The van der Waals surface area contributed by atoms with Crippen molar-refractivity contribution in [2.75, 3.05) is 0 Å². The lowest BCUT2D eigenvalue weighted by Gasteiger charge is -2.09. The van der Waals surface area contributed by atoms with Crippen molar-refractivity contribution < 1.29 is 19.2 Å². The summed E-state index contributed by atoms with van der Waals surface area (Å²) in [5.41, 5.74) is 3.56. The number of amides is 2. The fourth-order valence-electron chi connectivity index (χ4n) is 2.28.